The van der Waals surface area contributed by atoms with Gasteiger partial charge in [0.05, 0.1) is 0 Å². The summed E-state index contributed by atoms with van der Waals surface area (Å²) in [6.45, 7) is 5.08. The number of nitrogens with zero attached hydrogens (tertiary/aromatic N) is 3. The molecule has 0 aromatic rings. The van der Waals surface area contributed by atoms with Gasteiger partial charge in [0.1, 0.15) is 0 Å². The Labute approximate surface area is 68.5 Å². The van der Waals surface area contributed by atoms with E-state index in [-0.39, 0.29) is 0 Å². The number of fused-ring (bicyclic) bond motifs is 2. The Bertz CT molecular complexity index is 146. The number of hydrogen-bond donors (Lipinski definition) is 0. The molecule has 2 fully saturated rings. The van der Waals surface area contributed by atoms with Crippen molar-refractivity contribution in [3.63, 3.8) is 0 Å². The van der Waals surface area contributed by atoms with Gasteiger partial charge in [-0.2, -0.15) is 0 Å². The maximum absolute atomic E-state index is 2.56. The summed E-state index contributed by atoms with van der Waals surface area (Å²) in [6.07, 6.45) is 1.36. The van der Waals surface area contributed by atoms with E-state index in [0.717, 1.165) is 6.04 Å². The molecule has 64 valence electrons. The molecule has 3 heteroatoms. The summed E-state index contributed by atoms with van der Waals surface area (Å²) in [7, 11) is 4.29. The van der Waals surface area contributed by atoms with Gasteiger partial charge in [0.25, 0.3) is 0 Å². The van der Waals surface area contributed by atoms with Crippen LogP contribution in [0.4, 0.5) is 0 Å². The number of piperazine rings is 1. The van der Waals surface area contributed by atoms with Crippen molar-refractivity contribution >= 4 is 0 Å². The quantitative estimate of drug-likeness (QED) is 0.521. The Morgan fingerprint density at radius 1 is 1.18 bits per heavy atom. The summed E-state index contributed by atoms with van der Waals surface area (Å²) < 4.78 is 0. The predicted octanol–water partition coefficient (Wildman–Crippen LogP) is -0.147. The van der Waals surface area contributed by atoms with E-state index in [1.807, 2.05) is 0 Å². The SMILES string of the molecule is CN(C)N1CCN2CCC1C2. The van der Waals surface area contributed by atoms with Crippen molar-refractivity contribution in [1.29, 1.82) is 0 Å². The molecule has 2 rings (SSSR count). The Morgan fingerprint density at radius 2 is 2.00 bits per heavy atom. The van der Waals surface area contributed by atoms with Crippen LogP contribution in [-0.2, 0) is 0 Å². The first-order valence-electron chi connectivity index (χ1n) is 4.43. The molecule has 0 radical (unpaired) electrons. The lowest BCUT2D eigenvalue weighted by atomic mass is 10.2. The minimum atomic E-state index is 0.804. The second-order valence-corrected chi connectivity index (χ2v) is 3.75. The molecule has 2 atom stereocenters. The lowest BCUT2D eigenvalue weighted by molar-refractivity contribution is -0.0363. The third-order valence-corrected chi connectivity index (χ3v) is 2.83. The van der Waals surface area contributed by atoms with E-state index in [1.165, 1.54) is 32.6 Å². The van der Waals surface area contributed by atoms with Gasteiger partial charge in [-0.3, -0.25) is 0 Å². The highest BCUT2D eigenvalue weighted by Crippen LogP contribution is 2.20. The first kappa shape index (κ1) is 7.53. The summed E-state index contributed by atoms with van der Waals surface area (Å²) in [6, 6.07) is 0.804. The highest BCUT2D eigenvalue weighted by molar-refractivity contribution is 4.86. The zero-order valence-corrected chi connectivity index (χ0v) is 7.45. The molecule has 2 saturated heterocycles. The van der Waals surface area contributed by atoms with Crippen molar-refractivity contribution < 1.29 is 0 Å². The molecule has 0 saturated carbocycles. The lowest BCUT2D eigenvalue weighted by Gasteiger charge is -2.38. The van der Waals surface area contributed by atoms with Crippen molar-refractivity contribution in [1.82, 2.24) is 14.9 Å². The molecule has 2 aliphatic rings. The Kier molecular flexibility index (Phi) is 1.87. The molecule has 0 N–H and O–H groups in total. The van der Waals surface area contributed by atoms with E-state index >= 15 is 0 Å². The van der Waals surface area contributed by atoms with Crippen LogP contribution in [0.1, 0.15) is 6.42 Å². The van der Waals surface area contributed by atoms with Gasteiger partial charge in [-0.15, -0.1) is 0 Å². The highest BCUT2D eigenvalue weighted by Gasteiger charge is 2.33. The molecule has 0 aliphatic carbocycles. The van der Waals surface area contributed by atoms with Gasteiger partial charge in [-0.05, 0) is 13.0 Å². The average molecular weight is 155 g/mol. The molecule has 3 nitrogen and oxygen atoms in total. The lowest BCUT2D eigenvalue weighted by Crippen LogP contribution is -2.52. The fourth-order valence-electron chi connectivity index (χ4n) is 2.21. The van der Waals surface area contributed by atoms with E-state index in [4.69, 9.17) is 0 Å². The van der Waals surface area contributed by atoms with Crippen LogP contribution in [0, 0.1) is 0 Å². The molecule has 2 aliphatic heterocycles. The van der Waals surface area contributed by atoms with Gasteiger partial charge in [0.2, 0.25) is 0 Å². The van der Waals surface area contributed by atoms with E-state index in [0.29, 0.717) is 0 Å². The van der Waals surface area contributed by atoms with Crippen molar-refractivity contribution in [2.75, 3.05) is 40.3 Å². The first-order chi connectivity index (χ1) is 5.27. The van der Waals surface area contributed by atoms with Crippen molar-refractivity contribution in [2.45, 2.75) is 12.5 Å². The monoisotopic (exact) mass is 155 g/mol. The Balaban J connectivity index is 2.01. The van der Waals surface area contributed by atoms with Crippen molar-refractivity contribution in [2.24, 2.45) is 0 Å². The largest absolute Gasteiger partial charge is 0.300 e. The minimum absolute atomic E-state index is 0.804. The zero-order chi connectivity index (χ0) is 7.84. The molecular weight excluding hydrogens is 138 g/mol. The third kappa shape index (κ3) is 1.28. The van der Waals surface area contributed by atoms with E-state index in [9.17, 15) is 0 Å². The molecule has 0 aromatic heterocycles. The summed E-state index contributed by atoms with van der Waals surface area (Å²) in [4.78, 5) is 2.56. The summed E-state index contributed by atoms with van der Waals surface area (Å²) in [5, 5.41) is 4.73. The maximum atomic E-state index is 2.56. The molecule has 2 bridgehead atoms. The van der Waals surface area contributed by atoms with Gasteiger partial charge in [-0.1, -0.05) is 0 Å². The Hall–Kier alpha value is -0.120. The Morgan fingerprint density at radius 3 is 2.73 bits per heavy atom. The van der Waals surface area contributed by atoms with E-state index < -0.39 is 0 Å². The number of rotatable bonds is 1. The van der Waals surface area contributed by atoms with Gasteiger partial charge < -0.3 is 4.90 Å². The third-order valence-electron chi connectivity index (χ3n) is 2.83. The van der Waals surface area contributed by atoms with Crippen molar-refractivity contribution in [3.8, 4) is 0 Å². The normalized spacial score (nSPS) is 38.5. The van der Waals surface area contributed by atoms with Crippen LogP contribution < -0.4 is 0 Å². The second kappa shape index (κ2) is 2.73. The van der Waals surface area contributed by atoms with Crippen LogP contribution in [0.5, 0.6) is 0 Å². The van der Waals surface area contributed by atoms with Gasteiger partial charge in [-0.25, -0.2) is 10.0 Å². The van der Waals surface area contributed by atoms with Gasteiger partial charge >= 0.3 is 0 Å². The molecule has 0 aromatic carbocycles. The average Bonchev–Trinajstić information content (AvgIpc) is 2.32. The number of hydrazine groups is 1. The van der Waals surface area contributed by atoms with E-state index in [1.54, 1.807) is 0 Å². The fraction of sp³-hybridized carbons (Fsp3) is 1.00. The van der Waals surface area contributed by atoms with Crippen LogP contribution in [0.15, 0.2) is 0 Å². The fourth-order valence-corrected chi connectivity index (χ4v) is 2.21. The summed E-state index contributed by atoms with van der Waals surface area (Å²) in [5.41, 5.74) is 0. The van der Waals surface area contributed by atoms with Crippen LogP contribution in [-0.4, -0.2) is 61.2 Å². The zero-order valence-electron chi connectivity index (χ0n) is 7.45. The second-order valence-electron chi connectivity index (χ2n) is 3.75. The first-order valence-corrected chi connectivity index (χ1v) is 4.43. The summed E-state index contributed by atoms with van der Waals surface area (Å²) in [5.74, 6) is 0. The molecular formula is C8H17N3. The van der Waals surface area contributed by atoms with Gasteiger partial charge in [0, 0.05) is 39.8 Å². The molecule has 2 heterocycles. The standard InChI is InChI=1S/C8H17N3/c1-9(2)11-6-5-10-4-3-8(11)7-10/h8H,3-7H2,1-2H3. The summed E-state index contributed by atoms with van der Waals surface area (Å²) >= 11 is 0. The molecule has 2 unspecified atom stereocenters. The topological polar surface area (TPSA) is 9.72 Å². The highest BCUT2D eigenvalue weighted by atomic mass is 15.6. The minimum Gasteiger partial charge on any atom is -0.300 e. The smallest absolute Gasteiger partial charge is 0.0385 e. The molecule has 0 amide bonds. The maximum Gasteiger partial charge on any atom is 0.0385 e. The van der Waals surface area contributed by atoms with Crippen molar-refractivity contribution in [3.05, 3.63) is 0 Å². The van der Waals surface area contributed by atoms with Crippen LogP contribution in [0.25, 0.3) is 0 Å². The molecule has 0 spiro atoms. The predicted molar refractivity (Wildman–Crippen MR) is 45.2 cm³/mol. The van der Waals surface area contributed by atoms with Crippen LogP contribution in [0.3, 0.4) is 0 Å². The van der Waals surface area contributed by atoms with Gasteiger partial charge in [0.15, 0.2) is 0 Å². The van der Waals surface area contributed by atoms with Crippen LogP contribution in [0.2, 0.25) is 0 Å². The van der Waals surface area contributed by atoms with E-state index in [2.05, 4.69) is 29.0 Å². The van der Waals surface area contributed by atoms with Crippen LogP contribution >= 0.6 is 0 Å². The molecule has 11 heavy (non-hydrogen) atoms. The number of hydrogen-bond acceptors (Lipinski definition) is 3.